The maximum atomic E-state index is 13.2. The topological polar surface area (TPSA) is 108 Å². The molecular formula is C28H41FN4O5. The number of hydrogen-bond acceptors (Lipinski definition) is 5. The Morgan fingerprint density at radius 1 is 1.03 bits per heavy atom. The van der Waals surface area contributed by atoms with Gasteiger partial charge in [-0.25, -0.2) is 9.18 Å². The van der Waals surface area contributed by atoms with Crippen LogP contribution in [0.2, 0.25) is 0 Å². The molecule has 9 nitrogen and oxygen atoms in total. The van der Waals surface area contributed by atoms with Crippen LogP contribution in [0.25, 0.3) is 0 Å². The van der Waals surface area contributed by atoms with E-state index in [9.17, 15) is 23.6 Å². The van der Waals surface area contributed by atoms with Gasteiger partial charge in [0.1, 0.15) is 23.5 Å². The molecule has 38 heavy (non-hydrogen) atoms. The van der Waals surface area contributed by atoms with Gasteiger partial charge >= 0.3 is 6.09 Å². The largest absolute Gasteiger partial charge is 0.444 e. The Labute approximate surface area is 224 Å². The summed E-state index contributed by atoms with van der Waals surface area (Å²) in [6, 6.07) is 4.64. The molecule has 2 atom stereocenters. The van der Waals surface area contributed by atoms with Gasteiger partial charge in [-0.1, -0.05) is 26.0 Å². The molecule has 2 fully saturated rings. The van der Waals surface area contributed by atoms with Gasteiger partial charge in [-0.05, 0) is 70.1 Å². The highest BCUT2D eigenvalue weighted by Gasteiger charge is 2.40. The van der Waals surface area contributed by atoms with E-state index in [4.69, 9.17) is 4.74 Å². The normalized spacial score (nSPS) is 19.3. The molecule has 4 amide bonds. The van der Waals surface area contributed by atoms with Crippen LogP contribution in [0.3, 0.4) is 0 Å². The van der Waals surface area contributed by atoms with Crippen molar-refractivity contribution in [1.29, 1.82) is 0 Å². The Kier molecular flexibility index (Phi) is 9.73. The lowest BCUT2D eigenvalue weighted by Crippen LogP contribution is -2.54. The van der Waals surface area contributed by atoms with E-state index in [1.165, 1.54) is 17.0 Å². The van der Waals surface area contributed by atoms with Crippen LogP contribution in [-0.2, 0) is 25.7 Å². The summed E-state index contributed by atoms with van der Waals surface area (Å²) < 4.78 is 18.6. The molecule has 0 unspecified atom stereocenters. The van der Waals surface area contributed by atoms with Crippen LogP contribution < -0.4 is 10.6 Å². The third-order valence-corrected chi connectivity index (χ3v) is 6.97. The molecule has 3 rings (SSSR count). The monoisotopic (exact) mass is 532 g/mol. The average Bonchev–Trinajstić information content (AvgIpc) is 3.35. The lowest BCUT2D eigenvalue weighted by atomic mass is 9.94. The molecule has 2 aliphatic heterocycles. The first kappa shape index (κ1) is 29.4. The minimum atomic E-state index is -0.705. The molecule has 2 N–H and O–H groups in total. The number of benzene rings is 1. The SMILES string of the molecule is CC(C)[C@@H](NC(=O)C1CCN(C(=O)[C@H]2CCCN2C(=O)OC(C)(C)C)CC1)C(=O)NCc1ccc(F)cc1. The van der Waals surface area contributed by atoms with Crippen molar-refractivity contribution in [2.24, 2.45) is 11.8 Å². The second-order valence-electron chi connectivity index (χ2n) is 11.5. The van der Waals surface area contributed by atoms with Crippen molar-refractivity contribution in [3.8, 4) is 0 Å². The second kappa shape index (κ2) is 12.6. The number of carbonyl (C=O) groups excluding carboxylic acids is 4. The van der Waals surface area contributed by atoms with Gasteiger partial charge in [-0.2, -0.15) is 0 Å². The van der Waals surface area contributed by atoms with E-state index < -0.39 is 23.8 Å². The van der Waals surface area contributed by atoms with E-state index in [1.54, 1.807) is 37.8 Å². The third kappa shape index (κ3) is 7.91. The quantitative estimate of drug-likeness (QED) is 0.561. The summed E-state index contributed by atoms with van der Waals surface area (Å²) >= 11 is 0. The van der Waals surface area contributed by atoms with Gasteiger partial charge in [0.15, 0.2) is 0 Å². The number of amides is 4. The maximum absolute atomic E-state index is 13.2. The molecule has 2 aliphatic rings. The number of carbonyl (C=O) groups is 4. The van der Waals surface area contributed by atoms with Gasteiger partial charge < -0.3 is 20.3 Å². The molecule has 2 saturated heterocycles. The van der Waals surface area contributed by atoms with Crippen LogP contribution in [0.1, 0.15) is 65.9 Å². The van der Waals surface area contributed by atoms with Gasteiger partial charge in [0.05, 0.1) is 0 Å². The molecule has 0 aliphatic carbocycles. The van der Waals surface area contributed by atoms with Crippen molar-refractivity contribution in [2.75, 3.05) is 19.6 Å². The van der Waals surface area contributed by atoms with Crippen molar-refractivity contribution < 1.29 is 28.3 Å². The fourth-order valence-electron chi connectivity index (χ4n) is 4.84. The van der Waals surface area contributed by atoms with Crippen LogP contribution in [-0.4, -0.2) is 70.9 Å². The van der Waals surface area contributed by atoms with Crippen molar-refractivity contribution in [2.45, 2.75) is 84.5 Å². The fourth-order valence-corrected chi connectivity index (χ4v) is 4.84. The van der Waals surface area contributed by atoms with E-state index in [1.807, 2.05) is 13.8 Å². The zero-order valence-corrected chi connectivity index (χ0v) is 23.1. The van der Waals surface area contributed by atoms with Crippen molar-refractivity contribution in [1.82, 2.24) is 20.4 Å². The van der Waals surface area contributed by atoms with Crippen LogP contribution in [0, 0.1) is 17.7 Å². The predicted molar refractivity (Wildman–Crippen MR) is 140 cm³/mol. The predicted octanol–water partition coefficient (Wildman–Crippen LogP) is 3.22. The minimum Gasteiger partial charge on any atom is -0.444 e. The Morgan fingerprint density at radius 2 is 1.66 bits per heavy atom. The summed E-state index contributed by atoms with van der Waals surface area (Å²) in [5.74, 6) is -1.39. The Hall–Kier alpha value is -3.17. The summed E-state index contributed by atoms with van der Waals surface area (Å²) in [5.41, 5.74) is 0.128. The highest BCUT2D eigenvalue weighted by molar-refractivity contribution is 5.89. The van der Waals surface area contributed by atoms with Crippen molar-refractivity contribution >= 4 is 23.8 Å². The average molecular weight is 533 g/mol. The summed E-state index contributed by atoms with van der Waals surface area (Å²) in [7, 11) is 0. The lowest BCUT2D eigenvalue weighted by molar-refractivity contribution is -0.140. The number of nitrogens with one attached hydrogen (secondary N) is 2. The number of ether oxygens (including phenoxy) is 1. The third-order valence-electron chi connectivity index (χ3n) is 6.97. The Bertz CT molecular complexity index is 999. The fraction of sp³-hybridized carbons (Fsp3) is 0.643. The van der Waals surface area contributed by atoms with Gasteiger partial charge in [-0.15, -0.1) is 0 Å². The first-order chi connectivity index (χ1) is 17.9. The maximum Gasteiger partial charge on any atom is 0.410 e. The van der Waals surface area contributed by atoms with Crippen molar-refractivity contribution in [3.05, 3.63) is 35.6 Å². The number of nitrogens with zero attached hydrogens (tertiary/aromatic N) is 2. The van der Waals surface area contributed by atoms with Gasteiger partial charge in [0.2, 0.25) is 17.7 Å². The van der Waals surface area contributed by atoms with Gasteiger partial charge in [0.25, 0.3) is 0 Å². The van der Waals surface area contributed by atoms with Gasteiger partial charge in [0, 0.05) is 32.1 Å². The van der Waals surface area contributed by atoms with Crippen LogP contribution in [0.15, 0.2) is 24.3 Å². The minimum absolute atomic E-state index is 0.104. The first-order valence-electron chi connectivity index (χ1n) is 13.5. The summed E-state index contributed by atoms with van der Waals surface area (Å²) in [4.78, 5) is 54.9. The zero-order chi connectivity index (χ0) is 28.0. The smallest absolute Gasteiger partial charge is 0.410 e. The number of likely N-dealkylation sites (tertiary alicyclic amines) is 2. The molecule has 0 bridgehead atoms. The molecule has 0 aromatic heterocycles. The van der Waals surface area contributed by atoms with E-state index in [-0.39, 0.29) is 41.9 Å². The van der Waals surface area contributed by atoms with Crippen LogP contribution in [0.4, 0.5) is 9.18 Å². The molecule has 1 aromatic rings. The van der Waals surface area contributed by atoms with Gasteiger partial charge in [-0.3, -0.25) is 19.3 Å². The zero-order valence-electron chi connectivity index (χ0n) is 23.1. The van der Waals surface area contributed by atoms with Crippen LogP contribution >= 0.6 is 0 Å². The van der Waals surface area contributed by atoms with E-state index >= 15 is 0 Å². The molecule has 0 spiro atoms. The molecular weight excluding hydrogens is 491 g/mol. The molecule has 210 valence electrons. The van der Waals surface area contributed by atoms with Crippen molar-refractivity contribution in [3.63, 3.8) is 0 Å². The highest BCUT2D eigenvalue weighted by Crippen LogP contribution is 2.25. The Balaban J connectivity index is 1.50. The second-order valence-corrected chi connectivity index (χ2v) is 11.5. The van der Waals surface area contributed by atoms with E-state index in [0.29, 0.717) is 38.9 Å². The molecule has 0 radical (unpaired) electrons. The van der Waals surface area contributed by atoms with Crippen LogP contribution in [0.5, 0.6) is 0 Å². The number of hydrogen-bond donors (Lipinski definition) is 2. The summed E-state index contributed by atoms with van der Waals surface area (Å²) in [6.45, 7) is 10.7. The lowest BCUT2D eigenvalue weighted by Gasteiger charge is -2.36. The number of piperidine rings is 1. The standard InChI is InChI=1S/C28H41FN4O5/c1-18(2)23(25(35)30-17-19-8-10-21(29)11-9-19)31-24(34)20-12-15-32(16-13-20)26(36)22-7-6-14-33(22)27(37)38-28(3,4)5/h8-11,18,20,22-23H,6-7,12-17H2,1-5H3,(H,30,35)(H,31,34)/t22-,23-/m1/s1. The summed E-state index contributed by atoms with van der Waals surface area (Å²) in [6.07, 6.45) is 1.84. The summed E-state index contributed by atoms with van der Waals surface area (Å²) in [5, 5.41) is 5.71. The first-order valence-corrected chi connectivity index (χ1v) is 13.5. The molecule has 2 heterocycles. The molecule has 1 aromatic carbocycles. The number of halogens is 1. The van der Waals surface area contributed by atoms with E-state index in [0.717, 1.165) is 12.0 Å². The Morgan fingerprint density at radius 3 is 2.24 bits per heavy atom. The molecule has 10 heteroatoms. The number of rotatable bonds is 7. The van der Waals surface area contributed by atoms with E-state index in [2.05, 4.69) is 10.6 Å². The molecule has 0 saturated carbocycles. The highest BCUT2D eigenvalue weighted by atomic mass is 19.1.